The minimum Gasteiger partial charge on any atom is -0.496 e. The van der Waals surface area contributed by atoms with Crippen molar-refractivity contribution in [3.05, 3.63) is 58.6 Å². The molecule has 3 rings (SSSR count). The predicted molar refractivity (Wildman–Crippen MR) is 126 cm³/mol. The van der Waals surface area contributed by atoms with Crippen LogP contribution in [0.15, 0.2) is 47.4 Å². The Balaban J connectivity index is 1.60. The summed E-state index contributed by atoms with van der Waals surface area (Å²) in [5.41, 5.74) is 0.968. The van der Waals surface area contributed by atoms with E-state index >= 15 is 0 Å². The lowest BCUT2D eigenvalue weighted by molar-refractivity contribution is 0.0951. The van der Waals surface area contributed by atoms with Crippen molar-refractivity contribution in [1.29, 1.82) is 0 Å². The topological polar surface area (TPSA) is 114 Å². The summed E-state index contributed by atoms with van der Waals surface area (Å²) in [6.45, 7) is 0.233. The first kappa shape index (κ1) is 18.6. The molecular weight excluding hydrogens is 466 g/mol. The molecule has 0 saturated heterocycles. The lowest BCUT2D eigenvalue weighted by Gasteiger charge is -2.22. The largest absolute Gasteiger partial charge is 0.496 e. The van der Waals surface area contributed by atoms with E-state index in [2.05, 4.69) is 5.32 Å². The maximum absolute atomic E-state index is 12.7. The molecule has 178 valence electrons. The first-order valence-electron chi connectivity index (χ1n) is 12.7. The van der Waals surface area contributed by atoms with Crippen LogP contribution < -0.4 is 20.1 Å². The molecule has 1 fully saturated rings. The number of benzene rings is 2. The zero-order valence-electron chi connectivity index (χ0n) is 22.9. The second kappa shape index (κ2) is 11.4. The fraction of sp³-hybridized carbons (Fsp3) is 0.391. The second-order valence-corrected chi connectivity index (χ2v) is 9.26. The number of rotatable bonds is 8. The van der Waals surface area contributed by atoms with Gasteiger partial charge in [0.05, 0.1) is 18.9 Å². The van der Waals surface area contributed by atoms with Gasteiger partial charge in [0.2, 0.25) is 0 Å². The van der Waals surface area contributed by atoms with Gasteiger partial charge < -0.3 is 15.4 Å². The van der Waals surface area contributed by atoms with Crippen LogP contribution in [-0.2, 0) is 16.4 Å². The van der Waals surface area contributed by atoms with Gasteiger partial charge in [-0.3, -0.25) is 4.79 Å². The molecule has 0 spiro atoms. The van der Waals surface area contributed by atoms with E-state index in [4.69, 9.17) is 23.2 Å². The molecule has 1 aliphatic rings. The molecule has 0 aromatic heterocycles. The number of urea groups is 1. The van der Waals surface area contributed by atoms with E-state index in [1.165, 1.54) is 37.4 Å². The van der Waals surface area contributed by atoms with E-state index < -0.39 is 40.7 Å². The fourth-order valence-corrected chi connectivity index (χ4v) is 4.17. The van der Waals surface area contributed by atoms with Crippen molar-refractivity contribution < 1.29 is 29.6 Å². The number of methoxy groups -OCH3 is 1. The molecule has 10 heteroatoms. The molecule has 8 nitrogen and oxygen atoms in total. The van der Waals surface area contributed by atoms with E-state index in [9.17, 15) is 18.0 Å². The van der Waals surface area contributed by atoms with Crippen LogP contribution in [0.5, 0.6) is 5.75 Å². The number of hydrogen-bond donors (Lipinski definition) is 3. The maximum atomic E-state index is 12.7. The summed E-state index contributed by atoms with van der Waals surface area (Å²) in [6, 6.07) is 6.09. The molecule has 0 heterocycles. The highest BCUT2D eigenvalue weighted by Crippen LogP contribution is 2.22. The van der Waals surface area contributed by atoms with Crippen LogP contribution in [0.25, 0.3) is 0 Å². The Labute approximate surface area is 206 Å². The molecule has 2 aromatic rings. The molecule has 0 atom stereocenters. The number of carbonyl (C=O) groups is 2. The number of sulfonamides is 1. The Hall–Kier alpha value is -2.78. The standard InChI is InChI=1S/C23H28ClN3O5S/c1-32-21-12-9-17(24)15-20(21)22(28)25-14-13-16-7-10-19(11-8-16)33(30,31)27-23(29)26-18-5-3-2-4-6-18/h7-12,15,18H,2-6,13-14H2,1H3,(H,25,28)(H2,26,27,29)/i5D2,6D2,18D. The van der Waals surface area contributed by atoms with Crippen LogP contribution in [0, 0.1) is 0 Å². The average Bonchev–Trinajstić information content (AvgIpc) is 2.82. The molecule has 3 amide bonds. The molecule has 2 aromatic carbocycles. The number of hydrogen-bond acceptors (Lipinski definition) is 5. The van der Waals surface area contributed by atoms with Gasteiger partial charge in [0, 0.05) is 23.1 Å². The van der Waals surface area contributed by atoms with Crippen LogP contribution >= 0.6 is 11.6 Å². The lowest BCUT2D eigenvalue weighted by Crippen LogP contribution is -2.45. The summed E-state index contributed by atoms with van der Waals surface area (Å²) in [5.74, 6) is -0.0252. The molecule has 33 heavy (non-hydrogen) atoms. The van der Waals surface area contributed by atoms with Crippen LogP contribution in [0.3, 0.4) is 0 Å². The van der Waals surface area contributed by atoms with Gasteiger partial charge in [0.1, 0.15) is 5.75 Å². The zero-order valence-corrected chi connectivity index (χ0v) is 19.5. The molecule has 0 bridgehead atoms. The Bertz CT molecular complexity index is 1290. The van der Waals surface area contributed by atoms with E-state index in [1.807, 2.05) is 5.32 Å². The quantitative estimate of drug-likeness (QED) is 0.514. The molecule has 0 unspecified atom stereocenters. The van der Waals surface area contributed by atoms with Crippen LogP contribution in [-0.4, -0.2) is 40.0 Å². The number of carbonyl (C=O) groups excluding carboxylic acids is 2. The Kier molecular flexibility index (Phi) is 6.42. The maximum Gasteiger partial charge on any atom is 0.328 e. The second-order valence-electron chi connectivity index (χ2n) is 7.14. The highest BCUT2D eigenvalue weighted by Gasteiger charge is 2.21. The van der Waals surface area contributed by atoms with Gasteiger partial charge in [-0.05, 0) is 55.1 Å². The molecular formula is C23H28ClN3O5S. The van der Waals surface area contributed by atoms with Gasteiger partial charge in [-0.1, -0.05) is 43.0 Å². The lowest BCUT2D eigenvalue weighted by atomic mass is 9.96. The highest BCUT2D eigenvalue weighted by atomic mass is 35.5. The van der Waals surface area contributed by atoms with Crippen LogP contribution in [0.4, 0.5) is 4.79 Å². The highest BCUT2D eigenvalue weighted by molar-refractivity contribution is 7.90. The third-order valence-corrected chi connectivity index (χ3v) is 6.34. The van der Waals surface area contributed by atoms with E-state index in [-0.39, 0.29) is 36.3 Å². The number of amides is 3. The third kappa shape index (κ3) is 7.10. The van der Waals surface area contributed by atoms with Gasteiger partial charge in [-0.2, -0.15) is 0 Å². The molecule has 0 radical (unpaired) electrons. The van der Waals surface area contributed by atoms with Gasteiger partial charge in [-0.15, -0.1) is 0 Å². The predicted octanol–water partition coefficient (Wildman–Crippen LogP) is 3.64. The minimum atomic E-state index is -4.40. The van der Waals surface area contributed by atoms with Gasteiger partial charge >= 0.3 is 6.03 Å². The van der Waals surface area contributed by atoms with Crippen molar-refractivity contribution >= 4 is 33.6 Å². The Morgan fingerprint density at radius 3 is 2.52 bits per heavy atom. The summed E-state index contributed by atoms with van der Waals surface area (Å²) in [5, 5.41) is 5.02. The summed E-state index contributed by atoms with van der Waals surface area (Å²) >= 11 is 5.95. The van der Waals surface area contributed by atoms with E-state index in [0.717, 1.165) is 0 Å². The van der Waals surface area contributed by atoms with Gasteiger partial charge in [0.25, 0.3) is 15.9 Å². The first-order chi connectivity index (χ1) is 17.6. The van der Waals surface area contributed by atoms with Crippen LogP contribution in [0.2, 0.25) is 5.02 Å². The monoisotopic (exact) mass is 498 g/mol. The number of halogens is 1. The zero-order chi connectivity index (χ0) is 28.4. The Morgan fingerprint density at radius 2 is 1.85 bits per heavy atom. The van der Waals surface area contributed by atoms with Crippen LogP contribution in [0.1, 0.15) is 54.8 Å². The van der Waals surface area contributed by atoms with Crippen molar-refractivity contribution in [2.45, 2.75) is 49.3 Å². The normalized spacial score (nSPS) is 20.6. The van der Waals surface area contributed by atoms with Gasteiger partial charge in [0.15, 0.2) is 0 Å². The number of ether oxygens (including phenoxy) is 1. The van der Waals surface area contributed by atoms with Crippen molar-refractivity contribution in [3.63, 3.8) is 0 Å². The smallest absolute Gasteiger partial charge is 0.328 e. The Morgan fingerprint density at radius 1 is 1.15 bits per heavy atom. The fourth-order valence-electron chi connectivity index (χ4n) is 3.09. The molecule has 1 saturated carbocycles. The third-order valence-electron chi connectivity index (χ3n) is 4.76. The summed E-state index contributed by atoms with van der Waals surface area (Å²) in [7, 11) is -2.96. The number of nitrogens with one attached hydrogen (secondary N) is 3. The van der Waals surface area contributed by atoms with Gasteiger partial charge in [-0.25, -0.2) is 17.9 Å². The van der Waals surface area contributed by atoms with Crippen molar-refractivity contribution in [2.75, 3.05) is 13.7 Å². The molecule has 0 aliphatic heterocycles. The average molecular weight is 499 g/mol. The summed E-state index contributed by atoms with van der Waals surface area (Å²) < 4.78 is 72.6. The minimum absolute atomic E-state index is 0.155. The van der Waals surface area contributed by atoms with E-state index in [0.29, 0.717) is 22.8 Å². The van der Waals surface area contributed by atoms with Crippen molar-refractivity contribution in [3.8, 4) is 5.75 Å². The summed E-state index contributed by atoms with van der Waals surface area (Å²) in [6.07, 6.45) is -4.58. The molecule has 3 N–H and O–H groups in total. The van der Waals surface area contributed by atoms with Crippen molar-refractivity contribution in [1.82, 2.24) is 15.4 Å². The van der Waals surface area contributed by atoms with E-state index in [1.54, 1.807) is 16.9 Å². The molecule has 1 aliphatic carbocycles. The van der Waals surface area contributed by atoms with Crippen molar-refractivity contribution in [2.24, 2.45) is 0 Å². The summed E-state index contributed by atoms with van der Waals surface area (Å²) in [4.78, 5) is 24.6. The SMILES string of the molecule is [2H]C1([2H])CCCC([2H])([2H])C1([2H])NC(=O)NS(=O)(=O)c1ccc(CCNC(=O)c2cc(Cl)ccc2OC)cc1. The first-order valence-corrected chi connectivity index (χ1v) is 12.0.